The second kappa shape index (κ2) is 16.0. The van der Waals surface area contributed by atoms with Crippen LogP contribution in [0.5, 0.6) is 0 Å². The number of hydrogen-bond donors (Lipinski definition) is 0. The van der Waals surface area contributed by atoms with E-state index >= 15 is 0 Å². The summed E-state index contributed by atoms with van der Waals surface area (Å²) in [7, 11) is 0. The van der Waals surface area contributed by atoms with Crippen LogP contribution in [0.25, 0.3) is 12.2 Å². The fraction of sp³-hybridized carbons (Fsp3) is 0.211. The molecule has 0 saturated heterocycles. The van der Waals surface area contributed by atoms with Gasteiger partial charge in [-0.3, -0.25) is 0 Å². The van der Waals surface area contributed by atoms with Crippen LogP contribution in [0.2, 0.25) is 0 Å². The first-order valence-corrected chi connectivity index (χ1v) is 13.4. The Morgan fingerprint density at radius 3 is 1.03 bits per heavy atom. The topological polar surface area (TPSA) is 0 Å². The molecule has 0 amide bonds. The van der Waals surface area contributed by atoms with Crippen LogP contribution in [0, 0.1) is 27.7 Å². The number of hydrogen-bond acceptors (Lipinski definition) is 0. The highest BCUT2D eigenvalue weighted by Crippen LogP contribution is 2.13. The molecule has 0 spiro atoms. The minimum Gasteiger partial charge on any atom is -0.0620 e. The van der Waals surface area contributed by atoms with Crippen molar-refractivity contribution >= 4 is 12.2 Å². The molecular formula is C38H44. The highest BCUT2D eigenvalue weighted by molar-refractivity contribution is 5.56. The van der Waals surface area contributed by atoms with Crippen LogP contribution in [0.4, 0.5) is 0 Å². The van der Waals surface area contributed by atoms with Crippen molar-refractivity contribution in [2.24, 2.45) is 0 Å². The molecule has 2 aromatic carbocycles. The van der Waals surface area contributed by atoms with Crippen LogP contribution in [-0.2, 0) is 0 Å². The van der Waals surface area contributed by atoms with Crippen molar-refractivity contribution < 1.29 is 0 Å². The predicted octanol–water partition coefficient (Wildman–Crippen LogP) is 11.1. The van der Waals surface area contributed by atoms with Crippen molar-refractivity contribution in [1.29, 1.82) is 0 Å². The maximum Gasteiger partial charge on any atom is -0.0251 e. The molecule has 2 aromatic rings. The molecule has 0 fully saturated rings. The first-order valence-electron chi connectivity index (χ1n) is 13.4. The minimum absolute atomic E-state index is 1.21. The maximum absolute atomic E-state index is 2.21. The third-order valence-electron chi connectivity index (χ3n) is 5.83. The monoisotopic (exact) mass is 500 g/mol. The third kappa shape index (κ3) is 12.9. The number of benzene rings is 2. The fourth-order valence-corrected chi connectivity index (χ4v) is 4.01. The van der Waals surface area contributed by atoms with E-state index in [1.54, 1.807) is 0 Å². The average Bonchev–Trinajstić information content (AvgIpc) is 2.83. The van der Waals surface area contributed by atoms with Gasteiger partial charge in [-0.15, -0.1) is 0 Å². The Labute approximate surface area is 232 Å². The van der Waals surface area contributed by atoms with Gasteiger partial charge in [0.15, 0.2) is 0 Å². The molecule has 0 aliphatic rings. The van der Waals surface area contributed by atoms with E-state index in [1.807, 2.05) is 0 Å². The SMILES string of the molecule is CC(C=CC=C(C)C=Cc1cc(C)cc(C)c1)=CC=CC=C(C)C=CC=C(C)C=Cc1cc(C)cc(C)c1. The average molecular weight is 501 g/mol. The van der Waals surface area contributed by atoms with E-state index < -0.39 is 0 Å². The molecule has 196 valence electrons. The summed E-state index contributed by atoms with van der Waals surface area (Å²) in [6.45, 7) is 17.0. The smallest absolute Gasteiger partial charge is 0.0251 e. The van der Waals surface area contributed by atoms with E-state index in [0.717, 1.165) is 0 Å². The molecule has 0 radical (unpaired) electrons. The molecule has 0 saturated carbocycles. The summed E-state index contributed by atoms with van der Waals surface area (Å²) in [5.41, 5.74) is 12.5. The Kier molecular flexibility index (Phi) is 12.8. The number of aryl methyl sites for hydroxylation is 4. The van der Waals surface area contributed by atoms with Gasteiger partial charge in [-0.2, -0.15) is 0 Å². The lowest BCUT2D eigenvalue weighted by Gasteiger charge is -1.99. The Morgan fingerprint density at radius 2 is 0.684 bits per heavy atom. The number of allylic oxidation sites excluding steroid dienone is 16. The van der Waals surface area contributed by atoms with Crippen LogP contribution < -0.4 is 0 Å². The molecule has 0 bridgehead atoms. The second-order valence-corrected chi connectivity index (χ2v) is 10.3. The highest BCUT2D eigenvalue weighted by atomic mass is 14.0. The summed E-state index contributed by atoms with van der Waals surface area (Å²) in [6, 6.07) is 13.2. The summed E-state index contributed by atoms with van der Waals surface area (Å²) >= 11 is 0. The van der Waals surface area contributed by atoms with Gasteiger partial charge >= 0.3 is 0 Å². The Balaban J connectivity index is 1.86. The molecule has 0 heterocycles. The van der Waals surface area contributed by atoms with Crippen molar-refractivity contribution in [2.45, 2.75) is 55.4 Å². The standard InChI is InChI=1S/C38H44/c1-29(15-11-17-31(3)19-21-37-25-33(5)23-34(6)26-37)13-9-10-14-30(2)16-12-18-32(4)20-22-38-27-35(7)24-36(8)28-38/h9-28H,1-8H3. The van der Waals surface area contributed by atoms with E-state index in [4.69, 9.17) is 0 Å². The quantitative estimate of drug-likeness (QED) is 0.285. The molecule has 0 nitrogen and oxygen atoms in total. The van der Waals surface area contributed by atoms with Gasteiger partial charge in [-0.1, -0.05) is 166 Å². The molecule has 0 aromatic heterocycles. The van der Waals surface area contributed by atoms with Gasteiger partial charge < -0.3 is 0 Å². The minimum atomic E-state index is 1.21. The Hall–Kier alpha value is -3.90. The Bertz CT molecular complexity index is 1210. The summed E-state index contributed by atoms with van der Waals surface area (Å²) in [5.74, 6) is 0. The molecule has 0 heteroatoms. The van der Waals surface area contributed by atoms with E-state index in [0.29, 0.717) is 0 Å². The Morgan fingerprint density at radius 1 is 0.395 bits per heavy atom. The van der Waals surface area contributed by atoms with E-state index in [2.05, 4.69) is 177 Å². The maximum atomic E-state index is 2.21. The lowest BCUT2D eigenvalue weighted by molar-refractivity contribution is 1.37. The van der Waals surface area contributed by atoms with Crippen molar-refractivity contribution in [3.63, 3.8) is 0 Å². The summed E-state index contributed by atoms with van der Waals surface area (Å²) in [4.78, 5) is 0. The van der Waals surface area contributed by atoms with Crippen LogP contribution in [0.15, 0.2) is 132 Å². The van der Waals surface area contributed by atoms with Crippen LogP contribution in [0.1, 0.15) is 61.1 Å². The van der Waals surface area contributed by atoms with Crippen molar-refractivity contribution in [3.05, 3.63) is 165 Å². The molecule has 0 aliphatic carbocycles. The van der Waals surface area contributed by atoms with Crippen LogP contribution in [0.3, 0.4) is 0 Å². The molecule has 0 atom stereocenters. The first-order chi connectivity index (χ1) is 18.1. The van der Waals surface area contributed by atoms with Gasteiger partial charge in [-0.25, -0.2) is 0 Å². The largest absolute Gasteiger partial charge is 0.0620 e. The lowest BCUT2D eigenvalue weighted by atomic mass is 10.1. The summed E-state index contributed by atoms with van der Waals surface area (Å²) in [5, 5.41) is 0. The molecule has 0 aliphatic heterocycles. The predicted molar refractivity (Wildman–Crippen MR) is 172 cm³/mol. The van der Waals surface area contributed by atoms with Gasteiger partial charge in [0.1, 0.15) is 0 Å². The van der Waals surface area contributed by atoms with Gasteiger partial charge in [0.05, 0.1) is 0 Å². The highest BCUT2D eigenvalue weighted by Gasteiger charge is 1.93. The first kappa shape index (κ1) is 30.3. The lowest BCUT2D eigenvalue weighted by Crippen LogP contribution is -1.80. The van der Waals surface area contributed by atoms with Crippen LogP contribution >= 0.6 is 0 Å². The van der Waals surface area contributed by atoms with Crippen molar-refractivity contribution in [1.82, 2.24) is 0 Å². The third-order valence-corrected chi connectivity index (χ3v) is 5.83. The normalized spacial score (nSPS) is 14.4. The van der Waals surface area contributed by atoms with Gasteiger partial charge in [-0.05, 0) is 66.5 Å². The van der Waals surface area contributed by atoms with E-state index in [9.17, 15) is 0 Å². The van der Waals surface area contributed by atoms with Gasteiger partial charge in [0, 0.05) is 0 Å². The molecular weight excluding hydrogens is 456 g/mol. The van der Waals surface area contributed by atoms with Gasteiger partial charge in [0.25, 0.3) is 0 Å². The van der Waals surface area contributed by atoms with E-state index in [1.165, 1.54) is 55.7 Å². The zero-order valence-electron chi connectivity index (χ0n) is 24.5. The molecule has 2 rings (SSSR count). The second-order valence-electron chi connectivity index (χ2n) is 10.3. The zero-order chi connectivity index (χ0) is 27.9. The molecule has 0 unspecified atom stereocenters. The summed E-state index contributed by atoms with van der Waals surface area (Å²) in [6.07, 6.45) is 29.9. The van der Waals surface area contributed by atoms with Crippen molar-refractivity contribution in [3.8, 4) is 0 Å². The number of rotatable bonds is 10. The van der Waals surface area contributed by atoms with Crippen molar-refractivity contribution in [2.75, 3.05) is 0 Å². The molecule has 38 heavy (non-hydrogen) atoms. The summed E-state index contributed by atoms with van der Waals surface area (Å²) < 4.78 is 0. The molecule has 0 N–H and O–H groups in total. The van der Waals surface area contributed by atoms with E-state index in [-0.39, 0.29) is 0 Å². The van der Waals surface area contributed by atoms with Crippen LogP contribution in [-0.4, -0.2) is 0 Å². The van der Waals surface area contributed by atoms with Gasteiger partial charge in [0.2, 0.25) is 0 Å². The zero-order valence-corrected chi connectivity index (χ0v) is 24.5. The fourth-order valence-electron chi connectivity index (χ4n) is 4.01.